The van der Waals surface area contributed by atoms with E-state index in [1.165, 1.54) is 11.3 Å². The Hall–Kier alpha value is -2.60. The third kappa shape index (κ3) is 3.46. The molecule has 2 rings (SSSR count). The molecule has 0 saturated heterocycles. The molecule has 0 bridgehead atoms. The van der Waals surface area contributed by atoms with Crippen molar-refractivity contribution in [3.05, 3.63) is 51.7 Å². The van der Waals surface area contributed by atoms with Gasteiger partial charge >= 0.3 is 0 Å². The molecule has 1 heterocycles. The number of anilines is 1. The Balaban J connectivity index is 2.12. The lowest BCUT2D eigenvalue weighted by Crippen LogP contribution is -2.09. The van der Waals surface area contributed by atoms with Gasteiger partial charge in [0.2, 0.25) is 0 Å². The van der Waals surface area contributed by atoms with E-state index in [2.05, 4.69) is 17.2 Å². The topological polar surface area (TPSA) is 73.1 Å². The molecule has 0 aliphatic heterocycles. The summed E-state index contributed by atoms with van der Waals surface area (Å²) in [5, 5.41) is 20.1. The van der Waals surface area contributed by atoms with Crippen LogP contribution in [0.2, 0.25) is 0 Å². The predicted molar refractivity (Wildman–Crippen MR) is 77.4 cm³/mol. The summed E-state index contributed by atoms with van der Waals surface area (Å²) in [4.78, 5) is 13.3. The Morgan fingerprint density at radius 2 is 2.20 bits per heavy atom. The second kappa shape index (κ2) is 6.53. The van der Waals surface area contributed by atoms with E-state index in [0.29, 0.717) is 16.1 Å². The van der Waals surface area contributed by atoms with Gasteiger partial charge in [-0.3, -0.25) is 4.79 Å². The molecule has 1 aromatic heterocycles. The molecule has 1 aromatic carbocycles. The van der Waals surface area contributed by atoms with Gasteiger partial charge < -0.3 is 10.4 Å². The lowest BCUT2D eigenvalue weighted by atomic mass is 10.2. The van der Waals surface area contributed by atoms with Crippen LogP contribution in [0, 0.1) is 23.2 Å². The van der Waals surface area contributed by atoms with Crippen LogP contribution < -0.4 is 5.32 Å². The molecule has 1 amide bonds. The number of thiophene rings is 1. The quantitative estimate of drug-likeness (QED) is 0.829. The molecule has 0 radical (unpaired) electrons. The van der Waals surface area contributed by atoms with Crippen LogP contribution in [-0.2, 0) is 0 Å². The Kier molecular flexibility index (Phi) is 4.52. The maximum atomic E-state index is 12.0. The number of aliphatic hydroxyl groups is 1. The Bertz CT molecular complexity index is 732. The van der Waals surface area contributed by atoms with Gasteiger partial charge in [-0.05, 0) is 30.3 Å². The number of carbonyl (C=O) groups is 1. The van der Waals surface area contributed by atoms with Crippen LogP contribution in [0.25, 0.3) is 0 Å². The number of nitrogens with one attached hydrogen (secondary N) is 1. The van der Waals surface area contributed by atoms with Crippen molar-refractivity contribution in [1.82, 2.24) is 0 Å². The second-order valence-corrected chi connectivity index (χ2v) is 4.85. The number of nitriles is 1. The van der Waals surface area contributed by atoms with E-state index in [1.54, 1.807) is 36.4 Å². The smallest absolute Gasteiger partial charge is 0.265 e. The van der Waals surface area contributed by atoms with E-state index >= 15 is 0 Å². The maximum Gasteiger partial charge on any atom is 0.265 e. The molecule has 0 atom stereocenters. The number of carbonyl (C=O) groups excluding carboxylic acids is 1. The molecule has 4 nitrogen and oxygen atoms in total. The maximum absolute atomic E-state index is 12.0. The van der Waals surface area contributed by atoms with Crippen LogP contribution in [0.5, 0.6) is 0 Å². The molecule has 2 N–H and O–H groups in total. The van der Waals surface area contributed by atoms with Crippen LogP contribution in [0.4, 0.5) is 5.69 Å². The largest absolute Gasteiger partial charge is 0.384 e. The molecule has 98 valence electrons. The van der Waals surface area contributed by atoms with Gasteiger partial charge in [-0.2, -0.15) is 5.26 Å². The zero-order valence-electron chi connectivity index (χ0n) is 10.4. The molecule has 20 heavy (non-hydrogen) atoms. The molecular weight excluding hydrogens is 272 g/mol. The lowest BCUT2D eigenvalue weighted by molar-refractivity contribution is 0.103. The first-order valence-electron chi connectivity index (χ1n) is 5.74. The van der Waals surface area contributed by atoms with Crippen molar-refractivity contribution < 1.29 is 9.90 Å². The molecule has 0 unspecified atom stereocenters. The van der Waals surface area contributed by atoms with E-state index in [-0.39, 0.29) is 12.5 Å². The summed E-state index contributed by atoms with van der Waals surface area (Å²) in [5.74, 6) is 5.03. The third-order valence-corrected chi connectivity index (χ3v) is 3.37. The fourth-order valence-corrected chi connectivity index (χ4v) is 2.29. The zero-order chi connectivity index (χ0) is 14.4. The molecule has 0 saturated carbocycles. The van der Waals surface area contributed by atoms with E-state index in [1.807, 2.05) is 6.07 Å². The van der Waals surface area contributed by atoms with Crippen molar-refractivity contribution in [1.29, 1.82) is 5.26 Å². The number of hydrogen-bond acceptors (Lipinski definition) is 4. The fraction of sp³-hybridized carbons (Fsp3) is 0.0667. The van der Waals surface area contributed by atoms with Gasteiger partial charge in [0, 0.05) is 5.69 Å². The highest BCUT2D eigenvalue weighted by Gasteiger charge is 2.09. The number of benzene rings is 1. The van der Waals surface area contributed by atoms with Crippen LogP contribution in [0.15, 0.2) is 36.4 Å². The number of nitrogens with zero attached hydrogens (tertiary/aromatic N) is 1. The first kappa shape index (κ1) is 13.8. The standard InChI is InChI=1S/C15H10N2O2S/c16-10-11-3-1-4-12(9-11)17-15(19)14-7-6-13(20-14)5-2-8-18/h1,3-4,6-7,9,18H,8H2,(H,17,19). The summed E-state index contributed by atoms with van der Waals surface area (Å²) in [7, 11) is 0. The summed E-state index contributed by atoms with van der Waals surface area (Å²) in [6, 6.07) is 12.1. The van der Waals surface area contributed by atoms with Gasteiger partial charge in [-0.25, -0.2) is 0 Å². The first-order valence-corrected chi connectivity index (χ1v) is 6.55. The SMILES string of the molecule is N#Cc1cccc(NC(=O)c2ccc(C#CCO)s2)c1. The minimum Gasteiger partial charge on any atom is -0.384 e. The van der Waals surface area contributed by atoms with E-state index < -0.39 is 0 Å². The van der Waals surface area contributed by atoms with Gasteiger partial charge in [0.1, 0.15) is 6.61 Å². The first-order chi connectivity index (χ1) is 9.72. The Morgan fingerprint density at radius 3 is 2.95 bits per heavy atom. The molecule has 0 fully saturated rings. The summed E-state index contributed by atoms with van der Waals surface area (Å²) >= 11 is 1.25. The van der Waals surface area contributed by atoms with Crippen LogP contribution in [0.1, 0.15) is 20.1 Å². The average molecular weight is 282 g/mol. The van der Waals surface area contributed by atoms with Crippen LogP contribution >= 0.6 is 11.3 Å². The van der Waals surface area contributed by atoms with E-state index in [4.69, 9.17) is 10.4 Å². The monoisotopic (exact) mass is 282 g/mol. The average Bonchev–Trinajstić information content (AvgIpc) is 2.94. The van der Waals surface area contributed by atoms with Gasteiger partial charge in [-0.15, -0.1) is 11.3 Å². The number of hydrogen-bond donors (Lipinski definition) is 2. The van der Waals surface area contributed by atoms with Crippen molar-refractivity contribution >= 4 is 22.9 Å². The summed E-state index contributed by atoms with van der Waals surface area (Å²) in [6.07, 6.45) is 0. The highest BCUT2D eigenvalue weighted by atomic mass is 32.1. The Morgan fingerprint density at radius 1 is 1.35 bits per heavy atom. The highest BCUT2D eigenvalue weighted by molar-refractivity contribution is 7.14. The third-order valence-electron chi connectivity index (χ3n) is 2.37. The van der Waals surface area contributed by atoms with Crippen molar-refractivity contribution in [2.75, 3.05) is 11.9 Å². The van der Waals surface area contributed by atoms with E-state index in [9.17, 15) is 4.79 Å². The lowest BCUT2D eigenvalue weighted by Gasteiger charge is -2.03. The number of aliphatic hydroxyl groups excluding tert-OH is 1. The van der Waals surface area contributed by atoms with Crippen LogP contribution in [-0.4, -0.2) is 17.6 Å². The predicted octanol–water partition coefficient (Wildman–Crippen LogP) is 2.22. The molecule has 5 heteroatoms. The normalized spacial score (nSPS) is 9.20. The van der Waals surface area contributed by atoms with Gasteiger partial charge in [-0.1, -0.05) is 17.9 Å². The minimum atomic E-state index is -0.248. The highest BCUT2D eigenvalue weighted by Crippen LogP contribution is 2.18. The number of rotatable bonds is 2. The second-order valence-electron chi connectivity index (χ2n) is 3.77. The summed E-state index contributed by atoms with van der Waals surface area (Å²) in [6.45, 7) is -0.208. The Labute approximate surface area is 120 Å². The van der Waals surface area contributed by atoms with Crippen molar-refractivity contribution in [2.45, 2.75) is 0 Å². The van der Waals surface area contributed by atoms with Crippen molar-refractivity contribution in [2.24, 2.45) is 0 Å². The summed E-state index contributed by atoms with van der Waals surface area (Å²) in [5.41, 5.74) is 1.06. The zero-order valence-corrected chi connectivity index (χ0v) is 11.2. The molecule has 0 aliphatic rings. The molecule has 2 aromatic rings. The minimum absolute atomic E-state index is 0.208. The van der Waals surface area contributed by atoms with Gasteiger partial charge in [0.25, 0.3) is 5.91 Å². The van der Waals surface area contributed by atoms with Gasteiger partial charge in [0.05, 0.1) is 21.4 Å². The van der Waals surface area contributed by atoms with Crippen molar-refractivity contribution in [3.8, 4) is 17.9 Å². The molecular formula is C15H10N2O2S. The van der Waals surface area contributed by atoms with Crippen molar-refractivity contribution in [3.63, 3.8) is 0 Å². The number of amides is 1. The fourth-order valence-electron chi connectivity index (χ4n) is 1.51. The van der Waals surface area contributed by atoms with Crippen LogP contribution in [0.3, 0.4) is 0 Å². The molecule has 0 spiro atoms. The molecule has 0 aliphatic carbocycles. The van der Waals surface area contributed by atoms with E-state index in [0.717, 1.165) is 4.88 Å². The summed E-state index contributed by atoms with van der Waals surface area (Å²) < 4.78 is 0. The van der Waals surface area contributed by atoms with Gasteiger partial charge in [0.15, 0.2) is 0 Å².